The van der Waals surface area contributed by atoms with Gasteiger partial charge in [0.1, 0.15) is 6.10 Å². The molecule has 1 aromatic heterocycles. The lowest BCUT2D eigenvalue weighted by Gasteiger charge is -2.35. The van der Waals surface area contributed by atoms with Crippen LogP contribution in [0.15, 0.2) is 12.4 Å². The Balaban J connectivity index is 1.40. The van der Waals surface area contributed by atoms with E-state index >= 15 is 0 Å². The van der Waals surface area contributed by atoms with Gasteiger partial charge in [-0.15, -0.1) is 0 Å². The molecule has 138 valence electrons. The van der Waals surface area contributed by atoms with Crippen molar-refractivity contribution in [2.75, 3.05) is 37.8 Å². The van der Waals surface area contributed by atoms with Crippen molar-refractivity contribution in [3.05, 3.63) is 12.4 Å². The minimum Gasteiger partial charge on any atom is -0.473 e. The van der Waals surface area contributed by atoms with Crippen LogP contribution in [0.1, 0.15) is 51.4 Å². The predicted octanol–water partition coefficient (Wildman–Crippen LogP) is 2.96. The van der Waals surface area contributed by atoms with Gasteiger partial charge >= 0.3 is 0 Å². The van der Waals surface area contributed by atoms with Gasteiger partial charge in [0.05, 0.1) is 24.6 Å². The first kappa shape index (κ1) is 17.0. The largest absolute Gasteiger partial charge is 0.473 e. The third-order valence-electron chi connectivity index (χ3n) is 5.77. The second-order valence-electron chi connectivity index (χ2n) is 7.47. The first-order valence-corrected chi connectivity index (χ1v) is 9.78. The molecule has 0 amide bonds. The second kappa shape index (κ2) is 7.87. The van der Waals surface area contributed by atoms with Gasteiger partial charge in [-0.1, -0.05) is 6.42 Å². The molecule has 2 aliphatic heterocycles. The van der Waals surface area contributed by atoms with E-state index in [-0.39, 0.29) is 5.60 Å². The molecule has 0 unspecified atom stereocenters. The molecule has 0 bridgehead atoms. The van der Waals surface area contributed by atoms with Crippen LogP contribution in [0.2, 0.25) is 0 Å². The van der Waals surface area contributed by atoms with Gasteiger partial charge in [-0.2, -0.15) is 4.98 Å². The Hall–Kier alpha value is -1.40. The predicted molar refractivity (Wildman–Crippen MR) is 95.1 cm³/mol. The molecule has 1 spiro atoms. The zero-order valence-corrected chi connectivity index (χ0v) is 15.0. The average molecular weight is 347 g/mol. The van der Waals surface area contributed by atoms with E-state index in [0.717, 1.165) is 70.8 Å². The molecular weight excluding hydrogens is 318 g/mol. The zero-order chi connectivity index (χ0) is 17.0. The van der Waals surface area contributed by atoms with Crippen LogP contribution in [0.3, 0.4) is 0 Å². The van der Waals surface area contributed by atoms with E-state index in [4.69, 9.17) is 19.2 Å². The second-order valence-corrected chi connectivity index (χ2v) is 7.47. The summed E-state index contributed by atoms with van der Waals surface area (Å²) in [4.78, 5) is 11.4. The number of hydrogen-bond acceptors (Lipinski definition) is 6. The molecule has 1 saturated carbocycles. The SMILES string of the molecule is c1ncc(N2CCOC3(CCOCC3)CC2)nc1OC1CCCCC1. The van der Waals surface area contributed by atoms with Crippen molar-refractivity contribution in [3.8, 4) is 5.88 Å². The molecule has 3 aliphatic rings. The third kappa shape index (κ3) is 4.23. The van der Waals surface area contributed by atoms with Crippen molar-refractivity contribution in [2.45, 2.75) is 63.1 Å². The van der Waals surface area contributed by atoms with Crippen LogP contribution in [0.4, 0.5) is 5.82 Å². The smallest absolute Gasteiger partial charge is 0.234 e. The highest BCUT2D eigenvalue weighted by Crippen LogP contribution is 2.32. The quantitative estimate of drug-likeness (QED) is 0.838. The molecule has 0 N–H and O–H groups in total. The van der Waals surface area contributed by atoms with Crippen molar-refractivity contribution in [3.63, 3.8) is 0 Å². The molecule has 25 heavy (non-hydrogen) atoms. The van der Waals surface area contributed by atoms with E-state index in [2.05, 4.69) is 9.88 Å². The van der Waals surface area contributed by atoms with Crippen molar-refractivity contribution >= 4 is 5.82 Å². The fourth-order valence-electron chi connectivity index (χ4n) is 4.16. The number of nitrogens with zero attached hydrogens (tertiary/aromatic N) is 3. The molecule has 0 atom stereocenters. The average Bonchev–Trinajstić information content (AvgIpc) is 2.86. The fraction of sp³-hybridized carbons (Fsp3) is 0.789. The van der Waals surface area contributed by atoms with Crippen LogP contribution in [0.5, 0.6) is 5.88 Å². The minimum absolute atomic E-state index is 0.00334. The molecule has 3 heterocycles. The Morgan fingerprint density at radius 3 is 2.68 bits per heavy atom. The van der Waals surface area contributed by atoms with E-state index in [9.17, 15) is 0 Å². The summed E-state index contributed by atoms with van der Waals surface area (Å²) >= 11 is 0. The Morgan fingerprint density at radius 2 is 1.84 bits per heavy atom. The van der Waals surface area contributed by atoms with E-state index < -0.39 is 0 Å². The number of rotatable bonds is 3. The van der Waals surface area contributed by atoms with Crippen LogP contribution < -0.4 is 9.64 Å². The van der Waals surface area contributed by atoms with Gasteiger partial charge in [-0.3, -0.25) is 4.98 Å². The summed E-state index contributed by atoms with van der Waals surface area (Å²) in [7, 11) is 0. The van der Waals surface area contributed by atoms with E-state index in [1.165, 1.54) is 19.3 Å². The lowest BCUT2D eigenvalue weighted by atomic mass is 9.90. The Bertz CT molecular complexity index is 557. The number of hydrogen-bond donors (Lipinski definition) is 0. The van der Waals surface area contributed by atoms with Gasteiger partial charge in [0.15, 0.2) is 5.82 Å². The fourth-order valence-corrected chi connectivity index (χ4v) is 4.16. The van der Waals surface area contributed by atoms with Crippen molar-refractivity contribution < 1.29 is 14.2 Å². The molecule has 2 saturated heterocycles. The van der Waals surface area contributed by atoms with Crippen LogP contribution >= 0.6 is 0 Å². The summed E-state index contributed by atoms with van der Waals surface area (Å²) < 4.78 is 17.8. The van der Waals surface area contributed by atoms with Crippen LogP contribution in [0, 0.1) is 0 Å². The highest BCUT2D eigenvalue weighted by Gasteiger charge is 2.36. The maximum atomic E-state index is 6.23. The Morgan fingerprint density at radius 1 is 1.00 bits per heavy atom. The molecule has 6 nitrogen and oxygen atoms in total. The highest BCUT2D eigenvalue weighted by atomic mass is 16.5. The Labute approximate surface area is 149 Å². The van der Waals surface area contributed by atoms with Gasteiger partial charge < -0.3 is 19.1 Å². The normalized spacial score (nSPS) is 24.9. The number of aromatic nitrogens is 2. The van der Waals surface area contributed by atoms with Crippen molar-refractivity contribution in [1.29, 1.82) is 0 Å². The van der Waals surface area contributed by atoms with E-state index in [1.807, 2.05) is 6.20 Å². The summed E-state index contributed by atoms with van der Waals surface area (Å²) in [5.41, 5.74) is -0.00334. The van der Waals surface area contributed by atoms with E-state index in [1.54, 1.807) is 6.20 Å². The number of ether oxygens (including phenoxy) is 3. The summed E-state index contributed by atoms with van der Waals surface area (Å²) in [6.45, 7) is 4.15. The standard InChI is InChI=1S/C19H29N3O3/c1-2-4-16(5-3-1)25-18-15-20-14-17(21-18)22-9-6-19(24-13-10-22)7-11-23-12-8-19/h14-16H,1-13H2. The molecule has 4 rings (SSSR count). The highest BCUT2D eigenvalue weighted by molar-refractivity contribution is 5.38. The molecule has 1 aromatic rings. The zero-order valence-electron chi connectivity index (χ0n) is 15.0. The maximum Gasteiger partial charge on any atom is 0.234 e. The van der Waals surface area contributed by atoms with Gasteiger partial charge in [0.2, 0.25) is 5.88 Å². The first-order valence-electron chi connectivity index (χ1n) is 9.78. The summed E-state index contributed by atoms with van der Waals surface area (Å²) in [6, 6.07) is 0. The molecule has 0 radical (unpaired) electrons. The van der Waals surface area contributed by atoms with Crippen molar-refractivity contribution in [2.24, 2.45) is 0 Å². The van der Waals surface area contributed by atoms with Crippen LogP contribution in [0.25, 0.3) is 0 Å². The van der Waals surface area contributed by atoms with Gasteiger partial charge in [0, 0.05) is 26.3 Å². The third-order valence-corrected chi connectivity index (χ3v) is 5.77. The summed E-state index contributed by atoms with van der Waals surface area (Å²) in [5, 5.41) is 0. The minimum atomic E-state index is -0.00334. The summed E-state index contributed by atoms with van der Waals surface area (Å²) in [5.74, 6) is 1.57. The summed E-state index contributed by atoms with van der Waals surface area (Å²) in [6.07, 6.45) is 13.0. The molecule has 6 heteroatoms. The van der Waals surface area contributed by atoms with Gasteiger partial charge in [-0.25, -0.2) is 0 Å². The molecular formula is C19H29N3O3. The molecule has 3 fully saturated rings. The van der Waals surface area contributed by atoms with Gasteiger partial charge in [0.25, 0.3) is 0 Å². The first-order chi connectivity index (χ1) is 12.3. The molecule has 1 aliphatic carbocycles. The topological polar surface area (TPSA) is 56.7 Å². The monoisotopic (exact) mass is 347 g/mol. The lowest BCUT2D eigenvalue weighted by Crippen LogP contribution is -2.39. The Kier molecular flexibility index (Phi) is 5.36. The van der Waals surface area contributed by atoms with Crippen molar-refractivity contribution in [1.82, 2.24) is 9.97 Å². The van der Waals surface area contributed by atoms with E-state index in [0.29, 0.717) is 12.0 Å². The maximum absolute atomic E-state index is 6.23. The lowest BCUT2D eigenvalue weighted by molar-refractivity contribution is -0.105. The molecule has 0 aromatic carbocycles. The van der Waals surface area contributed by atoms with Crippen LogP contribution in [-0.2, 0) is 9.47 Å². The van der Waals surface area contributed by atoms with Gasteiger partial charge in [-0.05, 0) is 44.9 Å². The number of anilines is 1. The van der Waals surface area contributed by atoms with Crippen LogP contribution in [-0.4, -0.2) is 54.6 Å².